The third-order valence-corrected chi connectivity index (χ3v) is 5.13. The van der Waals surface area contributed by atoms with Gasteiger partial charge in [-0.2, -0.15) is 0 Å². The lowest BCUT2D eigenvalue weighted by Crippen LogP contribution is -2.19. The van der Waals surface area contributed by atoms with Gasteiger partial charge < -0.3 is 5.32 Å². The topological polar surface area (TPSA) is 41.5 Å². The Morgan fingerprint density at radius 2 is 1.96 bits per heavy atom. The Hall–Kier alpha value is -1.56. The highest BCUT2D eigenvalue weighted by Gasteiger charge is 2.24. The number of rotatable bonds is 2. The number of thioether (sulfide) groups is 1. The molecule has 0 unspecified atom stereocenters. The van der Waals surface area contributed by atoms with Crippen LogP contribution in [0.5, 0.6) is 0 Å². The van der Waals surface area contributed by atoms with Gasteiger partial charge in [-0.05, 0) is 60.2 Å². The molecule has 0 atom stereocenters. The molecular weight excluding hydrogens is 396 g/mol. The SMILES string of the molecule is Cc1c(Cl)cccc1N=C1NC(=O)/C(=C/c2ccc(Br)cc2)S1. The Morgan fingerprint density at radius 3 is 2.70 bits per heavy atom. The average Bonchev–Trinajstić information content (AvgIpc) is 2.86. The van der Waals surface area contributed by atoms with Crippen LogP contribution >= 0.6 is 39.3 Å². The maximum absolute atomic E-state index is 12.1. The molecule has 0 bridgehead atoms. The van der Waals surface area contributed by atoms with Crippen molar-refractivity contribution in [3.63, 3.8) is 0 Å². The van der Waals surface area contributed by atoms with E-state index < -0.39 is 0 Å². The normalized spacial score (nSPS) is 17.8. The smallest absolute Gasteiger partial charge is 0.264 e. The fraction of sp³-hybridized carbons (Fsp3) is 0.0588. The molecule has 1 fully saturated rings. The maximum atomic E-state index is 12.1. The van der Waals surface area contributed by atoms with Crippen LogP contribution in [0, 0.1) is 6.92 Å². The van der Waals surface area contributed by atoms with E-state index in [4.69, 9.17) is 11.6 Å². The van der Waals surface area contributed by atoms with E-state index in [2.05, 4.69) is 26.2 Å². The van der Waals surface area contributed by atoms with Gasteiger partial charge in [0, 0.05) is 9.50 Å². The molecule has 23 heavy (non-hydrogen) atoms. The van der Waals surface area contributed by atoms with Crippen molar-refractivity contribution < 1.29 is 4.79 Å². The predicted octanol–water partition coefficient (Wildman–Crippen LogP) is 5.30. The molecule has 1 aliphatic heterocycles. The number of aliphatic imine (C=N–C) groups is 1. The van der Waals surface area contributed by atoms with Crippen molar-refractivity contribution in [1.29, 1.82) is 0 Å². The van der Waals surface area contributed by atoms with Crippen LogP contribution in [0.4, 0.5) is 5.69 Å². The Kier molecular flexibility index (Phi) is 4.90. The van der Waals surface area contributed by atoms with E-state index in [-0.39, 0.29) is 5.91 Å². The fourth-order valence-electron chi connectivity index (χ4n) is 2.02. The number of nitrogens with zero attached hydrogens (tertiary/aromatic N) is 1. The molecule has 1 amide bonds. The highest BCUT2D eigenvalue weighted by atomic mass is 79.9. The minimum absolute atomic E-state index is 0.142. The largest absolute Gasteiger partial charge is 0.300 e. The van der Waals surface area contributed by atoms with Gasteiger partial charge in [-0.3, -0.25) is 4.79 Å². The first-order chi connectivity index (χ1) is 11.0. The summed E-state index contributed by atoms with van der Waals surface area (Å²) in [5.41, 5.74) is 2.61. The maximum Gasteiger partial charge on any atom is 0.264 e. The second-order valence-corrected chi connectivity index (χ2v) is 7.27. The van der Waals surface area contributed by atoms with E-state index in [1.807, 2.05) is 55.5 Å². The molecule has 1 N–H and O–H groups in total. The predicted molar refractivity (Wildman–Crippen MR) is 101 cm³/mol. The number of halogens is 2. The number of carbonyl (C=O) groups is 1. The molecule has 1 saturated heterocycles. The molecule has 0 saturated carbocycles. The molecule has 2 aromatic carbocycles. The highest BCUT2D eigenvalue weighted by Crippen LogP contribution is 2.31. The summed E-state index contributed by atoms with van der Waals surface area (Å²) in [5, 5.41) is 4.00. The zero-order valence-electron chi connectivity index (χ0n) is 12.1. The van der Waals surface area contributed by atoms with Crippen molar-refractivity contribution in [1.82, 2.24) is 5.32 Å². The van der Waals surface area contributed by atoms with Crippen LogP contribution in [-0.4, -0.2) is 11.1 Å². The standard InChI is InChI=1S/C17H12BrClN2OS/c1-10-13(19)3-2-4-14(10)20-17-21-16(22)15(23-17)9-11-5-7-12(18)8-6-11/h2-9H,1H3,(H,20,21,22)/b15-9-. The third kappa shape index (κ3) is 3.86. The van der Waals surface area contributed by atoms with E-state index in [0.717, 1.165) is 21.3 Å². The van der Waals surface area contributed by atoms with Crippen molar-refractivity contribution >= 4 is 62.1 Å². The molecule has 6 heteroatoms. The van der Waals surface area contributed by atoms with Crippen molar-refractivity contribution in [2.75, 3.05) is 0 Å². The molecule has 0 aromatic heterocycles. The van der Waals surface area contributed by atoms with Gasteiger partial charge in [0.25, 0.3) is 5.91 Å². The van der Waals surface area contributed by atoms with Gasteiger partial charge in [0.1, 0.15) is 0 Å². The number of hydrogen-bond acceptors (Lipinski definition) is 3. The Labute approximate surface area is 152 Å². The zero-order chi connectivity index (χ0) is 16.4. The first-order valence-electron chi connectivity index (χ1n) is 6.83. The van der Waals surface area contributed by atoms with E-state index in [1.54, 1.807) is 0 Å². The number of amides is 1. The Morgan fingerprint density at radius 1 is 1.22 bits per heavy atom. The van der Waals surface area contributed by atoms with Crippen molar-refractivity contribution in [3.8, 4) is 0 Å². The number of benzene rings is 2. The van der Waals surface area contributed by atoms with Crippen LogP contribution in [-0.2, 0) is 4.79 Å². The molecule has 0 aliphatic carbocycles. The molecule has 0 radical (unpaired) electrons. The van der Waals surface area contributed by atoms with Crippen molar-refractivity contribution in [2.24, 2.45) is 4.99 Å². The lowest BCUT2D eigenvalue weighted by Gasteiger charge is -2.02. The lowest BCUT2D eigenvalue weighted by molar-refractivity contribution is -0.115. The van der Waals surface area contributed by atoms with Crippen LogP contribution in [0.1, 0.15) is 11.1 Å². The number of nitrogens with one attached hydrogen (secondary N) is 1. The number of carbonyl (C=O) groups excluding carboxylic acids is 1. The second kappa shape index (κ2) is 6.91. The van der Waals surface area contributed by atoms with Gasteiger partial charge in [-0.25, -0.2) is 4.99 Å². The minimum Gasteiger partial charge on any atom is -0.300 e. The highest BCUT2D eigenvalue weighted by molar-refractivity contribution is 9.10. The Balaban J connectivity index is 1.86. The van der Waals surface area contributed by atoms with Crippen molar-refractivity contribution in [3.05, 3.63) is 68.0 Å². The van der Waals surface area contributed by atoms with E-state index >= 15 is 0 Å². The lowest BCUT2D eigenvalue weighted by atomic mass is 10.2. The van der Waals surface area contributed by atoms with Crippen LogP contribution in [0.15, 0.2) is 56.8 Å². The summed E-state index contributed by atoms with van der Waals surface area (Å²) in [7, 11) is 0. The summed E-state index contributed by atoms with van der Waals surface area (Å²) in [6, 6.07) is 13.3. The molecule has 3 nitrogen and oxygen atoms in total. The third-order valence-electron chi connectivity index (χ3n) is 3.28. The minimum atomic E-state index is -0.142. The van der Waals surface area contributed by atoms with Gasteiger partial charge >= 0.3 is 0 Å². The molecule has 1 aliphatic rings. The van der Waals surface area contributed by atoms with Crippen LogP contribution < -0.4 is 5.32 Å². The van der Waals surface area contributed by atoms with Crippen LogP contribution in [0.2, 0.25) is 5.02 Å². The van der Waals surface area contributed by atoms with Gasteiger partial charge in [0.2, 0.25) is 0 Å². The number of amidine groups is 1. The Bertz CT molecular complexity index is 831. The zero-order valence-corrected chi connectivity index (χ0v) is 15.3. The van der Waals surface area contributed by atoms with Gasteiger partial charge in [0.15, 0.2) is 5.17 Å². The summed E-state index contributed by atoms with van der Waals surface area (Å²) in [6.45, 7) is 1.90. The first-order valence-corrected chi connectivity index (χ1v) is 8.82. The van der Waals surface area contributed by atoms with Crippen LogP contribution in [0.3, 0.4) is 0 Å². The first kappa shape index (κ1) is 16.3. The van der Waals surface area contributed by atoms with Crippen molar-refractivity contribution in [2.45, 2.75) is 6.92 Å². The summed E-state index contributed by atoms with van der Waals surface area (Å²) in [4.78, 5) is 17.2. The summed E-state index contributed by atoms with van der Waals surface area (Å²) < 4.78 is 1.00. The van der Waals surface area contributed by atoms with Gasteiger partial charge in [-0.15, -0.1) is 0 Å². The van der Waals surface area contributed by atoms with Gasteiger partial charge in [-0.1, -0.05) is 45.7 Å². The quantitative estimate of drug-likeness (QED) is 0.686. The van der Waals surface area contributed by atoms with E-state index in [1.165, 1.54) is 11.8 Å². The number of hydrogen-bond donors (Lipinski definition) is 1. The summed E-state index contributed by atoms with van der Waals surface area (Å²) >= 11 is 10.8. The van der Waals surface area contributed by atoms with E-state index in [0.29, 0.717) is 15.1 Å². The summed E-state index contributed by atoms with van der Waals surface area (Å²) in [6.07, 6.45) is 1.85. The van der Waals surface area contributed by atoms with Gasteiger partial charge in [0.05, 0.1) is 10.6 Å². The summed E-state index contributed by atoms with van der Waals surface area (Å²) in [5.74, 6) is -0.142. The molecule has 2 aromatic rings. The average molecular weight is 408 g/mol. The monoisotopic (exact) mass is 406 g/mol. The molecule has 1 heterocycles. The molecule has 0 spiro atoms. The molecular formula is C17H12BrClN2OS. The molecule has 3 rings (SSSR count). The van der Waals surface area contributed by atoms with Crippen LogP contribution in [0.25, 0.3) is 6.08 Å². The fourth-order valence-corrected chi connectivity index (χ4v) is 3.29. The molecule has 116 valence electrons. The van der Waals surface area contributed by atoms with E-state index in [9.17, 15) is 4.79 Å². The second-order valence-electron chi connectivity index (χ2n) is 4.92.